The van der Waals surface area contributed by atoms with Gasteiger partial charge >= 0.3 is 0 Å². The van der Waals surface area contributed by atoms with Crippen LogP contribution in [0.2, 0.25) is 0 Å². The molecule has 2 heterocycles. The normalized spacial score (nSPS) is 27.8. The van der Waals surface area contributed by atoms with Crippen LogP contribution in [0, 0.1) is 11.8 Å². The first kappa shape index (κ1) is 10.6. The summed E-state index contributed by atoms with van der Waals surface area (Å²) in [6.07, 6.45) is 6.45. The van der Waals surface area contributed by atoms with Crippen molar-refractivity contribution in [2.75, 3.05) is 13.1 Å². The van der Waals surface area contributed by atoms with E-state index in [9.17, 15) is 4.79 Å². The molecule has 0 unspecified atom stereocenters. The SMILES string of the molecule is CC1=CC[C@H]2CN(C(=O)c3ccc[nH]3)C[C@H]2C1. The Morgan fingerprint density at radius 3 is 3.00 bits per heavy atom. The zero-order valence-corrected chi connectivity index (χ0v) is 10.1. The number of aromatic amines is 1. The molecule has 1 fully saturated rings. The van der Waals surface area contributed by atoms with Crippen molar-refractivity contribution in [3.05, 3.63) is 35.7 Å². The lowest BCUT2D eigenvalue weighted by molar-refractivity contribution is 0.0779. The molecule has 3 rings (SSSR count). The molecule has 1 saturated heterocycles. The van der Waals surface area contributed by atoms with Crippen LogP contribution in [-0.2, 0) is 0 Å². The molecule has 1 amide bonds. The lowest BCUT2D eigenvalue weighted by Gasteiger charge is -2.21. The Bertz CT molecular complexity index is 447. The zero-order chi connectivity index (χ0) is 11.8. The Kier molecular flexibility index (Phi) is 2.54. The van der Waals surface area contributed by atoms with E-state index in [1.807, 2.05) is 23.2 Å². The molecule has 90 valence electrons. The molecule has 0 radical (unpaired) electrons. The van der Waals surface area contributed by atoms with E-state index in [1.54, 1.807) is 0 Å². The Labute approximate surface area is 102 Å². The van der Waals surface area contributed by atoms with Crippen LogP contribution in [0.4, 0.5) is 0 Å². The average Bonchev–Trinajstić information content (AvgIpc) is 2.96. The summed E-state index contributed by atoms with van der Waals surface area (Å²) in [6.45, 7) is 4.05. The van der Waals surface area contributed by atoms with Crippen molar-refractivity contribution in [3.63, 3.8) is 0 Å². The van der Waals surface area contributed by atoms with E-state index >= 15 is 0 Å². The molecular weight excluding hydrogens is 212 g/mol. The number of H-pyrrole nitrogens is 1. The van der Waals surface area contributed by atoms with Crippen molar-refractivity contribution < 1.29 is 4.79 Å². The monoisotopic (exact) mass is 230 g/mol. The molecule has 3 heteroatoms. The second-order valence-electron chi connectivity index (χ2n) is 5.30. The fourth-order valence-electron chi connectivity index (χ4n) is 3.09. The van der Waals surface area contributed by atoms with Gasteiger partial charge in [0, 0.05) is 19.3 Å². The minimum Gasteiger partial charge on any atom is -0.357 e. The lowest BCUT2D eigenvalue weighted by atomic mass is 9.83. The van der Waals surface area contributed by atoms with Gasteiger partial charge in [-0.15, -0.1) is 0 Å². The number of likely N-dealkylation sites (tertiary alicyclic amines) is 1. The molecule has 0 bridgehead atoms. The van der Waals surface area contributed by atoms with E-state index in [0.717, 1.165) is 19.5 Å². The molecule has 0 aromatic carbocycles. The minimum atomic E-state index is 0.155. The van der Waals surface area contributed by atoms with Crippen molar-refractivity contribution in [1.82, 2.24) is 9.88 Å². The van der Waals surface area contributed by atoms with E-state index in [0.29, 0.717) is 17.5 Å². The molecule has 0 spiro atoms. The van der Waals surface area contributed by atoms with Gasteiger partial charge < -0.3 is 9.88 Å². The Morgan fingerprint density at radius 1 is 1.41 bits per heavy atom. The summed E-state index contributed by atoms with van der Waals surface area (Å²) in [5, 5.41) is 0. The van der Waals surface area contributed by atoms with Gasteiger partial charge in [0.2, 0.25) is 0 Å². The van der Waals surface area contributed by atoms with E-state index < -0.39 is 0 Å². The summed E-state index contributed by atoms with van der Waals surface area (Å²) >= 11 is 0. The van der Waals surface area contributed by atoms with Crippen molar-refractivity contribution >= 4 is 5.91 Å². The summed E-state index contributed by atoms with van der Waals surface area (Å²) in [7, 11) is 0. The number of nitrogens with zero attached hydrogens (tertiary/aromatic N) is 1. The van der Waals surface area contributed by atoms with Crippen LogP contribution >= 0.6 is 0 Å². The van der Waals surface area contributed by atoms with E-state index in [1.165, 1.54) is 12.0 Å². The summed E-state index contributed by atoms with van der Waals surface area (Å²) in [5.41, 5.74) is 2.20. The fraction of sp³-hybridized carbons (Fsp3) is 0.500. The molecule has 1 N–H and O–H groups in total. The second kappa shape index (κ2) is 4.06. The topological polar surface area (TPSA) is 36.1 Å². The molecule has 1 aliphatic heterocycles. The third-order valence-electron chi connectivity index (χ3n) is 4.05. The van der Waals surface area contributed by atoms with Gasteiger partial charge in [0.05, 0.1) is 0 Å². The largest absolute Gasteiger partial charge is 0.357 e. The number of allylic oxidation sites excluding steroid dienone is 2. The Morgan fingerprint density at radius 2 is 2.24 bits per heavy atom. The zero-order valence-electron chi connectivity index (χ0n) is 10.1. The van der Waals surface area contributed by atoms with Crippen LogP contribution in [0.25, 0.3) is 0 Å². The highest BCUT2D eigenvalue weighted by molar-refractivity contribution is 5.92. The van der Waals surface area contributed by atoms with E-state index in [4.69, 9.17) is 0 Å². The third-order valence-corrected chi connectivity index (χ3v) is 4.05. The van der Waals surface area contributed by atoms with E-state index in [-0.39, 0.29) is 5.91 Å². The Balaban J connectivity index is 1.71. The number of nitrogens with one attached hydrogen (secondary N) is 1. The van der Waals surface area contributed by atoms with E-state index in [2.05, 4.69) is 18.0 Å². The highest BCUT2D eigenvalue weighted by atomic mass is 16.2. The Hall–Kier alpha value is -1.51. The number of rotatable bonds is 1. The number of hydrogen-bond donors (Lipinski definition) is 1. The van der Waals surface area contributed by atoms with Crippen LogP contribution < -0.4 is 0 Å². The van der Waals surface area contributed by atoms with Crippen LogP contribution in [0.5, 0.6) is 0 Å². The van der Waals surface area contributed by atoms with Gasteiger partial charge in [-0.1, -0.05) is 11.6 Å². The first-order chi connectivity index (χ1) is 8.24. The molecule has 1 aromatic rings. The summed E-state index contributed by atoms with van der Waals surface area (Å²) in [5.74, 6) is 1.51. The van der Waals surface area contributed by atoms with Gasteiger partial charge in [0.15, 0.2) is 0 Å². The van der Waals surface area contributed by atoms with Crippen LogP contribution in [0.15, 0.2) is 30.0 Å². The molecule has 17 heavy (non-hydrogen) atoms. The van der Waals surface area contributed by atoms with Gasteiger partial charge in [0.25, 0.3) is 5.91 Å². The van der Waals surface area contributed by atoms with Gasteiger partial charge in [-0.3, -0.25) is 4.79 Å². The first-order valence-electron chi connectivity index (χ1n) is 6.32. The van der Waals surface area contributed by atoms with Crippen LogP contribution in [0.1, 0.15) is 30.3 Å². The standard InChI is InChI=1S/C14H18N2O/c1-10-4-5-11-8-16(9-12(11)7-10)14(17)13-3-2-6-15-13/h2-4,6,11-12,15H,5,7-9H2,1H3/t11-,12+/m0/s1. The van der Waals surface area contributed by atoms with Gasteiger partial charge in [-0.2, -0.15) is 0 Å². The molecule has 1 aliphatic carbocycles. The molecule has 3 nitrogen and oxygen atoms in total. The van der Waals surface area contributed by atoms with Crippen LogP contribution in [0.3, 0.4) is 0 Å². The average molecular weight is 230 g/mol. The molecular formula is C14H18N2O. The molecule has 2 aliphatic rings. The smallest absolute Gasteiger partial charge is 0.270 e. The maximum absolute atomic E-state index is 12.2. The molecule has 2 atom stereocenters. The maximum Gasteiger partial charge on any atom is 0.270 e. The fourth-order valence-corrected chi connectivity index (χ4v) is 3.09. The van der Waals surface area contributed by atoms with Crippen molar-refractivity contribution in [3.8, 4) is 0 Å². The van der Waals surface area contributed by atoms with Crippen LogP contribution in [-0.4, -0.2) is 28.9 Å². The number of aromatic nitrogens is 1. The summed E-state index contributed by atoms with van der Waals surface area (Å²) in [4.78, 5) is 17.2. The van der Waals surface area contributed by atoms with Crippen molar-refractivity contribution in [1.29, 1.82) is 0 Å². The highest BCUT2D eigenvalue weighted by Crippen LogP contribution is 2.35. The number of fused-ring (bicyclic) bond motifs is 1. The maximum atomic E-state index is 12.2. The highest BCUT2D eigenvalue weighted by Gasteiger charge is 2.36. The third kappa shape index (κ3) is 1.90. The van der Waals surface area contributed by atoms with Gasteiger partial charge in [-0.05, 0) is 43.7 Å². The second-order valence-corrected chi connectivity index (χ2v) is 5.30. The van der Waals surface area contributed by atoms with Crippen molar-refractivity contribution in [2.45, 2.75) is 19.8 Å². The number of carbonyl (C=O) groups excluding carboxylic acids is 1. The van der Waals surface area contributed by atoms with Gasteiger partial charge in [0.1, 0.15) is 5.69 Å². The number of amides is 1. The molecule has 1 aromatic heterocycles. The lowest BCUT2D eigenvalue weighted by Crippen LogP contribution is -2.29. The quantitative estimate of drug-likeness (QED) is 0.739. The first-order valence-corrected chi connectivity index (χ1v) is 6.32. The van der Waals surface area contributed by atoms with Gasteiger partial charge in [-0.25, -0.2) is 0 Å². The predicted octanol–water partition coefficient (Wildman–Crippen LogP) is 2.44. The number of hydrogen-bond acceptors (Lipinski definition) is 1. The minimum absolute atomic E-state index is 0.155. The molecule has 0 saturated carbocycles. The summed E-state index contributed by atoms with van der Waals surface area (Å²) in [6, 6.07) is 3.73. The number of carbonyl (C=O) groups is 1. The summed E-state index contributed by atoms with van der Waals surface area (Å²) < 4.78 is 0. The predicted molar refractivity (Wildman–Crippen MR) is 66.7 cm³/mol. The van der Waals surface area contributed by atoms with Crippen molar-refractivity contribution in [2.24, 2.45) is 11.8 Å².